The van der Waals surface area contributed by atoms with E-state index in [1.165, 1.54) is 18.2 Å². The zero-order valence-electron chi connectivity index (χ0n) is 13.7. The van der Waals surface area contributed by atoms with Gasteiger partial charge in [-0.3, -0.25) is 4.79 Å². The lowest BCUT2D eigenvalue weighted by molar-refractivity contribution is -0.143. The van der Waals surface area contributed by atoms with Gasteiger partial charge in [0.15, 0.2) is 6.10 Å². The van der Waals surface area contributed by atoms with E-state index in [-0.39, 0.29) is 12.0 Å². The van der Waals surface area contributed by atoms with E-state index in [0.717, 1.165) is 18.2 Å². The van der Waals surface area contributed by atoms with Crippen LogP contribution in [0.4, 0.5) is 17.6 Å². The molecule has 0 aliphatic rings. The first-order chi connectivity index (χ1) is 12.6. The number of rotatable bonds is 6. The van der Waals surface area contributed by atoms with Gasteiger partial charge in [-0.15, -0.1) is 0 Å². The molecule has 0 radical (unpaired) electrons. The van der Waals surface area contributed by atoms with Crippen molar-refractivity contribution in [1.29, 1.82) is 0 Å². The Morgan fingerprint density at radius 3 is 2.22 bits per heavy atom. The minimum absolute atomic E-state index is 0.129. The number of alkyl halides is 3. The minimum atomic E-state index is -4.56. The van der Waals surface area contributed by atoms with Gasteiger partial charge in [-0.2, -0.15) is 13.2 Å². The minimum Gasteiger partial charge on any atom is -0.480 e. The lowest BCUT2D eigenvalue weighted by Crippen LogP contribution is -2.44. The van der Waals surface area contributed by atoms with E-state index < -0.39 is 41.6 Å². The van der Waals surface area contributed by atoms with Gasteiger partial charge in [0.1, 0.15) is 11.9 Å². The Kier molecular flexibility index (Phi) is 6.17. The quantitative estimate of drug-likeness (QED) is 0.668. The summed E-state index contributed by atoms with van der Waals surface area (Å²) in [5.74, 6) is -3.08. The van der Waals surface area contributed by atoms with E-state index in [2.05, 4.69) is 5.32 Å². The van der Waals surface area contributed by atoms with E-state index in [9.17, 15) is 37.4 Å². The lowest BCUT2D eigenvalue weighted by Gasteiger charge is -2.18. The van der Waals surface area contributed by atoms with Crippen molar-refractivity contribution in [1.82, 2.24) is 5.32 Å². The van der Waals surface area contributed by atoms with Gasteiger partial charge in [-0.05, 0) is 35.4 Å². The van der Waals surface area contributed by atoms with Gasteiger partial charge in [-0.25, -0.2) is 9.18 Å². The molecule has 3 N–H and O–H groups in total. The van der Waals surface area contributed by atoms with Crippen LogP contribution in [-0.2, 0) is 22.2 Å². The summed E-state index contributed by atoms with van der Waals surface area (Å²) in [6.07, 6.45) is -6.66. The number of aliphatic hydroxyl groups excluding tert-OH is 1. The summed E-state index contributed by atoms with van der Waals surface area (Å²) in [6.45, 7) is 0. The molecule has 0 aromatic heterocycles. The normalized spacial score (nSPS) is 13.7. The first kappa shape index (κ1) is 20.4. The average molecular weight is 385 g/mol. The fraction of sp³-hybridized carbons (Fsp3) is 0.222. The van der Waals surface area contributed by atoms with Crippen molar-refractivity contribution < 1.29 is 37.4 Å². The van der Waals surface area contributed by atoms with E-state index in [1.54, 1.807) is 0 Å². The molecular weight excluding hydrogens is 370 g/mol. The van der Waals surface area contributed by atoms with Crippen molar-refractivity contribution in [3.05, 3.63) is 71.0 Å². The first-order valence-corrected chi connectivity index (χ1v) is 7.71. The third-order valence-electron chi connectivity index (χ3n) is 3.75. The number of carbonyl (C=O) groups is 2. The van der Waals surface area contributed by atoms with E-state index in [4.69, 9.17) is 0 Å². The highest BCUT2D eigenvalue weighted by atomic mass is 19.4. The number of carboxylic acid groups (broad SMARTS) is 1. The molecule has 0 unspecified atom stereocenters. The van der Waals surface area contributed by atoms with Crippen LogP contribution in [0, 0.1) is 5.82 Å². The molecule has 0 fully saturated rings. The molecule has 27 heavy (non-hydrogen) atoms. The number of hydrogen-bond acceptors (Lipinski definition) is 3. The second kappa shape index (κ2) is 8.17. The summed E-state index contributed by atoms with van der Waals surface area (Å²) in [7, 11) is 0. The first-order valence-electron chi connectivity index (χ1n) is 7.71. The number of aliphatic carboxylic acids is 1. The number of nitrogens with one attached hydrogen (secondary N) is 1. The molecule has 0 saturated heterocycles. The van der Waals surface area contributed by atoms with Crippen molar-refractivity contribution >= 4 is 11.9 Å². The molecule has 0 saturated carbocycles. The molecule has 0 heterocycles. The Hall–Kier alpha value is -2.94. The molecule has 2 atom stereocenters. The number of carbonyl (C=O) groups excluding carboxylic acids is 1. The maximum absolute atomic E-state index is 13.2. The number of amides is 1. The molecule has 0 aliphatic heterocycles. The lowest BCUT2D eigenvalue weighted by atomic mass is 10.0. The molecular formula is C18H15F4NO4. The van der Waals surface area contributed by atoms with Gasteiger partial charge in [0.05, 0.1) is 5.56 Å². The number of hydrogen-bond donors (Lipinski definition) is 3. The molecule has 9 heteroatoms. The van der Waals surface area contributed by atoms with Crippen LogP contribution in [0.1, 0.15) is 22.8 Å². The molecule has 5 nitrogen and oxygen atoms in total. The third-order valence-corrected chi connectivity index (χ3v) is 3.75. The predicted octanol–water partition coefficient (Wildman–Crippen LogP) is 2.69. The zero-order chi connectivity index (χ0) is 20.2. The van der Waals surface area contributed by atoms with Crippen LogP contribution >= 0.6 is 0 Å². The van der Waals surface area contributed by atoms with Gasteiger partial charge in [0.25, 0.3) is 5.91 Å². The molecule has 144 valence electrons. The van der Waals surface area contributed by atoms with Crippen LogP contribution in [0.2, 0.25) is 0 Å². The van der Waals surface area contributed by atoms with Gasteiger partial charge < -0.3 is 15.5 Å². The molecule has 0 bridgehead atoms. The smallest absolute Gasteiger partial charge is 0.416 e. The van der Waals surface area contributed by atoms with E-state index in [1.807, 2.05) is 0 Å². The van der Waals surface area contributed by atoms with Gasteiger partial charge in [0.2, 0.25) is 0 Å². The number of halogens is 4. The number of carboxylic acids is 1. The van der Waals surface area contributed by atoms with Crippen molar-refractivity contribution in [3.8, 4) is 0 Å². The van der Waals surface area contributed by atoms with Crippen molar-refractivity contribution in [2.24, 2.45) is 0 Å². The Morgan fingerprint density at radius 2 is 1.70 bits per heavy atom. The SMILES string of the molecule is O=C(O)[C@@H](Cc1cccc(F)c1)NC(=O)[C@H](O)c1ccc(C(F)(F)F)cc1. The molecule has 2 rings (SSSR count). The van der Waals surface area contributed by atoms with Crippen LogP contribution in [-0.4, -0.2) is 28.1 Å². The summed E-state index contributed by atoms with van der Waals surface area (Å²) in [5, 5.41) is 21.3. The fourth-order valence-corrected chi connectivity index (χ4v) is 2.36. The average Bonchev–Trinajstić information content (AvgIpc) is 2.59. The largest absolute Gasteiger partial charge is 0.480 e. The second-order valence-corrected chi connectivity index (χ2v) is 5.76. The fourth-order valence-electron chi connectivity index (χ4n) is 2.36. The monoisotopic (exact) mass is 385 g/mol. The van der Waals surface area contributed by atoms with Crippen LogP contribution < -0.4 is 5.32 Å². The summed E-state index contributed by atoms with van der Waals surface area (Å²) in [4.78, 5) is 23.4. The summed E-state index contributed by atoms with van der Waals surface area (Å²) in [5.41, 5.74) is -0.768. The van der Waals surface area contributed by atoms with E-state index in [0.29, 0.717) is 17.7 Å². The molecule has 2 aromatic carbocycles. The summed E-state index contributed by atoms with van der Waals surface area (Å²) >= 11 is 0. The molecule has 0 aliphatic carbocycles. The van der Waals surface area contributed by atoms with Crippen LogP contribution in [0.3, 0.4) is 0 Å². The highest BCUT2D eigenvalue weighted by Crippen LogP contribution is 2.30. The number of aliphatic hydroxyl groups is 1. The highest BCUT2D eigenvalue weighted by molar-refractivity contribution is 5.87. The Labute approximate surface area is 151 Å². The van der Waals surface area contributed by atoms with Crippen LogP contribution in [0.15, 0.2) is 48.5 Å². The number of benzene rings is 2. The standard InChI is InChI=1S/C18H15F4NO4/c19-13-3-1-2-10(8-13)9-14(17(26)27)23-16(25)15(24)11-4-6-12(7-5-11)18(20,21)22/h1-8,14-15,24H,9H2,(H,23,25)(H,26,27)/t14-,15-/m1/s1. The molecule has 1 amide bonds. The van der Waals surface area contributed by atoms with Crippen molar-refractivity contribution in [2.45, 2.75) is 24.7 Å². The van der Waals surface area contributed by atoms with E-state index >= 15 is 0 Å². The van der Waals surface area contributed by atoms with Crippen molar-refractivity contribution in [3.63, 3.8) is 0 Å². The molecule has 2 aromatic rings. The van der Waals surface area contributed by atoms with Gasteiger partial charge in [0, 0.05) is 6.42 Å². The maximum atomic E-state index is 13.2. The van der Waals surface area contributed by atoms with Crippen LogP contribution in [0.5, 0.6) is 0 Å². The second-order valence-electron chi connectivity index (χ2n) is 5.76. The Bertz CT molecular complexity index is 821. The Balaban J connectivity index is 2.09. The van der Waals surface area contributed by atoms with Gasteiger partial charge >= 0.3 is 12.1 Å². The highest BCUT2D eigenvalue weighted by Gasteiger charge is 2.31. The molecule has 0 spiro atoms. The third kappa shape index (κ3) is 5.52. The maximum Gasteiger partial charge on any atom is 0.416 e. The van der Waals surface area contributed by atoms with Crippen molar-refractivity contribution in [2.75, 3.05) is 0 Å². The summed E-state index contributed by atoms with van der Waals surface area (Å²) in [6, 6.07) is 6.93. The zero-order valence-corrected chi connectivity index (χ0v) is 13.7. The summed E-state index contributed by atoms with van der Waals surface area (Å²) < 4.78 is 50.8. The topological polar surface area (TPSA) is 86.6 Å². The Morgan fingerprint density at radius 1 is 1.07 bits per heavy atom. The van der Waals surface area contributed by atoms with Crippen LogP contribution in [0.25, 0.3) is 0 Å². The van der Waals surface area contributed by atoms with Gasteiger partial charge in [-0.1, -0.05) is 24.3 Å². The predicted molar refractivity (Wildman–Crippen MR) is 86.1 cm³/mol.